The number of hydrogen-bond donors (Lipinski definition) is 2. The fourth-order valence-electron chi connectivity index (χ4n) is 2.43. The number of benzene rings is 3. The van der Waals surface area contributed by atoms with Gasteiger partial charge in [0.2, 0.25) is 0 Å². The molecule has 0 fully saturated rings. The third-order valence-electron chi connectivity index (χ3n) is 3.86. The van der Waals surface area contributed by atoms with Crippen LogP contribution in [0, 0.1) is 0 Å². The lowest BCUT2D eigenvalue weighted by atomic mass is 10.0. The highest BCUT2D eigenvalue weighted by Crippen LogP contribution is 2.21. The fraction of sp³-hybridized carbons (Fsp3) is 0.0476. The van der Waals surface area contributed by atoms with Crippen LogP contribution >= 0.6 is 0 Å². The summed E-state index contributed by atoms with van der Waals surface area (Å²) >= 11 is 0. The second-order valence-electron chi connectivity index (χ2n) is 5.57. The van der Waals surface area contributed by atoms with E-state index in [1.54, 1.807) is 24.3 Å². The molecule has 0 atom stereocenters. The normalized spacial score (nSPS) is 10.7. The first kappa shape index (κ1) is 17.2. The van der Waals surface area contributed by atoms with Crippen LogP contribution in [-0.4, -0.2) is 24.3 Å². The third kappa shape index (κ3) is 4.08. The molecule has 5 nitrogen and oxygen atoms in total. The summed E-state index contributed by atoms with van der Waals surface area (Å²) in [6, 6.07) is 22.0. The monoisotopic (exact) mass is 346 g/mol. The van der Waals surface area contributed by atoms with Crippen molar-refractivity contribution < 1.29 is 14.6 Å². The zero-order chi connectivity index (χ0) is 18.4. The van der Waals surface area contributed by atoms with E-state index >= 15 is 0 Å². The minimum absolute atomic E-state index is 0.0519. The molecule has 2 N–H and O–H groups in total. The summed E-state index contributed by atoms with van der Waals surface area (Å²) in [5.74, 6) is 0.311. The van der Waals surface area contributed by atoms with E-state index in [1.165, 1.54) is 19.4 Å². The van der Waals surface area contributed by atoms with E-state index in [0.717, 1.165) is 11.1 Å². The number of amides is 1. The van der Waals surface area contributed by atoms with E-state index in [1.807, 2.05) is 42.5 Å². The lowest BCUT2D eigenvalue weighted by Gasteiger charge is -2.04. The van der Waals surface area contributed by atoms with Crippen molar-refractivity contribution in [2.24, 2.45) is 5.10 Å². The first-order valence-electron chi connectivity index (χ1n) is 8.03. The zero-order valence-electron chi connectivity index (χ0n) is 14.2. The number of methoxy groups -OCH3 is 1. The maximum absolute atomic E-state index is 12.2. The number of carbonyl (C=O) groups is 1. The van der Waals surface area contributed by atoms with Crippen molar-refractivity contribution in [3.63, 3.8) is 0 Å². The molecule has 3 aromatic carbocycles. The van der Waals surface area contributed by atoms with Gasteiger partial charge in [-0.1, -0.05) is 42.5 Å². The van der Waals surface area contributed by atoms with Gasteiger partial charge >= 0.3 is 0 Å². The maximum Gasteiger partial charge on any atom is 0.271 e. The van der Waals surface area contributed by atoms with Crippen molar-refractivity contribution in [1.29, 1.82) is 0 Å². The quantitative estimate of drug-likeness (QED) is 0.545. The Kier molecular flexibility index (Phi) is 5.29. The van der Waals surface area contributed by atoms with E-state index in [-0.39, 0.29) is 11.7 Å². The minimum Gasteiger partial charge on any atom is -0.507 e. The molecule has 0 heterocycles. The van der Waals surface area contributed by atoms with Gasteiger partial charge in [0.25, 0.3) is 5.91 Å². The third-order valence-corrected chi connectivity index (χ3v) is 3.86. The van der Waals surface area contributed by atoms with Gasteiger partial charge in [0.1, 0.15) is 11.5 Å². The number of rotatable bonds is 5. The summed E-state index contributed by atoms with van der Waals surface area (Å²) in [6.07, 6.45) is 1.37. The number of ether oxygens (including phenoxy) is 1. The molecular formula is C21H18N2O3. The lowest BCUT2D eigenvalue weighted by Crippen LogP contribution is -2.17. The average molecular weight is 346 g/mol. The highest BCUT2D eigenvalue weighted by Gasteiger charge is 2.05. The Morgan fingerprint density at radius 1 is 1.00 bits per heavy atom. The van der Waals surface area contributed by atoms with Crippen molar-refractivity contribution in [3.8, 4) is 22.6 Å². The fourth-order valence-corrected chi connectivity index (χ4v) is 2.43. The molecule has 0 aliphatic rings. The van der Waals surface area contributed by atoms with Gasteiger partial charge in [-0.25, -0.2) is 5.43 Å². The summed E-state index contributed by atoms with van der Waals surface area (Å²) in [5, 5.41) is 13.7. The van der Waals surface area contributed by atoms with Crippen LogP contribution in [0.5, 0.6) is 11.5 Å². The van der Waals surface area contributed by atoms with Crippen molar-refractivity contribution >= 4 is 12.1 Å². The maximum atomic E-state index is 12.2. The average Bonchev–Trinajstić information content (AvgIpc) is 2.70. The Balaban J connectivity index is 1.67. The molecule has 0 aliphatic carbocycles. The molecular weight excluding hydrogens is 328 g/mol. The topological polar surface area (TPSA) is 70.9 Å². The highest BCUT2D eigenvalue weighted by atomic mass is 16.5. The molecule has 26 heavy (non-hydrogen) atoms. The number of aromatic hydroxyl groups is 1. The standard InChI is InChI=1S/C21H18N2O3/c1-26-19-11-12-20(24)18(13-19)14-22-23-21(25)17-9-7-16(8-10-17)15-5-3-2-4-6-15/h2-14,24H,1H3,(H,23,25)/b22-14+. The van der Waals surface area contributed by atoms with E-state index in [9.17, 15) is 9.90 Å². The van der Waals surface area contributed by atoms with E-state index in [4.69, 9.17) is 4.74 Å². The molecule has 0 saturated carbocycles. The Bertz CT molecular complexity index is 920. The van der Waals surface area contributed by atoms with Gasteiger partial charge in [-0.2, -0.15) is 5.10 Å². The van der Waals surface area contributed by atoms with Gasteiger partial charge < -0.3 is 9.84 Å². The number of nitrogens with one attached hydrogen (secondary N) is 1. The largest absolute Gasteiger partial charge is 0.507 e. The predicted octanol–water partition coefficient (Wildman–Crippen LogP) is 3.83. The Morgan fingerprint density at radius 2 is 1.69 bits per heavy atom. The molecule has 1 amide bonds. The van der Waals surface area contributed by atoms with Crippen molar-refractivity contribution in [3.05, 3.63) is 83.9 Å². The van der Waals surface area contributed by atoms with E-state index in [0.29, 0.717) is 16.9 Å². The smallest absolute Gasteiger partial charge is 0.271 e. The zero-order valence-corrected chi connectivity index (χ0v) is 14.2. The van der Waals surface area contributed by atoms with Crippen LogP contribution in [0.3, 0.4) is 0 Å². The Labute approximate surface area is 151 Å². The molecule has 0 aromatic heterocycles. The molecule has 0 saturated heterocycles. The molecule has 0 spiro atoms. The highest BCUT2D eigenvalue weighted by molar-refractivity contribution is 5.95. The van der Waals surface area contributed by atoms with Gasteiger partial charge in [-0.3, -0.25) is 4.79 Å². The molecule has 0 radical (unpaired) electrons. The molecule has 5 heteroatoms. The summed E-state index contributed by atoms with van der Waals surface area (Å²) in [5.41, 5.74) is 5.52. The van der Waals surface area contributed by atoms with Gasteiger partial charge in [-0.05, 0) is 41.5 Å². The molecule has 0 aliphatic heterocycles. The van der Waals surface area contributed by atoms with Crippen molar-refractivity contribution in [1.82, 2.24) is 5.43 Å². The molecule has 3 rings (SSSR count). The number of phenols is 1. The number of hydrogen-bond acceptors (Lipinski definition) is 4. The summed E-state index contributed by atoms with van der Waals surface area (Å²) < 4.78 is 5.09. The molecule has 0 unspecified atom stereocenters. The molecule has 130 valence electrons. The van der Waals surface area contributed by atoms with Gasteiger partial charge in [-0.15, -0.1) is 0 Å². The van der Waals surface area contributed by atoms with Gasteiger partial charge in [0, 0.05) is 11.1 Å². The number of carbonyl (C=O) groups excluding carboxylic acids is 1. The van der Waals surface area contributed by atoms with Crippen molar-refractivity contribution in [2.45, 2.75) is 0 Å². The summed E-state index contributed by atoms with van der Waals surface area (Å²) in [6.45, 7) is 0. The number of nitrogens with zero attached hydrogens (tertiary/aromatic N) is 1. The van der Waals surface area contributed by atoms with Gasteiger partial charge in [0.05, 0.1) is 13.3 Å². The first-order chi connectivity index (χ1) is 12.7. The van der Waals surface area contributed by atoms with Gasteiger partial charge in [0.15, 0.2) is 0 Å². The minimum atomic E-state index is -0.330. The first-order valence-corrected chi connectivity index (χ1v) is 8.03. The summed E-state index contributed by atoms with van der Waals surface area (Å²) in [7, 11) is 1.54. The second-order valence-corrected chi connectivity index (χ2v) is 5.57. The molecule has 3 aromatic rings. The summed E-state index contributed by atoms with van der Waals surface area (Å²) in [4.78, 5) is 12.2. The second kappa shape index (κ2) is 7.98. The van der Waals surface area contributed by atoms with Crippen LogP contribution in [0.15, 0.2) is 77.9 Å². The Morgan fingerprint density at radius 3 is 2.38 bits per heavy atom. The Hall–Kier alpha value is -3.60. The van der Waals surface area contributed by atoms with Crippen LogP contribution in [-0.2, 0) is 0 Å². The van der Waals surface area contributed by atoms with Crippen LogP contribution in [0.2, 0.25) is 0 Å². The lowest BCUT2D eigenvalue weighted by molar-refractivity contribution is 0.0955. The predicted molar refractivity (Wildman–Crippen MR) is 102 cm³/mol. The SMILES string of the molecule is COc1ccc(O)c(/C=N/NC(=O)c2ccc(-c3ccccc3)cc2)c1. The van der Waals surface area contributed by atoms with Crippen LogP contribution in [0.25, 0.3) is 11.1 Å². The van der Waals surface area contributed by atoms with Crippen LogP contribution < -0.4 is 10.2 Å². The number of hydrazone groups is 1. The number of phenolic OH excluding ortho intramolecular Hbond substituents is 1. The van der Waals surface area contributed by atoms with Crippen molar-refractivity contribution in [2.75, 3.05) is 7.11 Å². The van der Waals surface area contributed by atoms with Crippen LogP contribution in [0.4, 0.5) is 0 Å². The van der Waals surface area contributed by atoms with E-state index < -0.39 is 0 Å². The molecule has 0 bridgehead atoms. The van der Waals surface area contributed by atoms with E-state index in [2.05, 4.69) is 10.5 Å². The van der Waals surface area contributed by atoms with Crippen LogP contribution in [0.1, 0.15) is 15.9 Å².